The van der Waals surface area contributed by atoms with Crippen molar-refractivity contribution in [2.75, 3.05) is 11.1 Å². The molecule has 6 nitrogen and oxygen atoms in total. The van der Waals surface area contributed by atoms with Gasteiger partial charge in [-0.2, -0.15) is 0 Å². The van der Waals surface area contributed by atoms with Crippen molar-refractivity contribution in [3.63, 3.8) is 0 Å². The maximum atomic E-state index is 13.1. The van der Waals surface area contributed by atoms with Crippen LogP contribution in [0.5, 0.6) is 0 Å². The van der Waals surface area contributed by atoms with Gasteiger partial charge in [0.15, 0.2) is 15.0 Å². The number of sulfone groups is 1. The van der Waals surface area contributed by atoms with Gasteiger partial charge in [0.05, 0.1) is 28.8 Å². The van der Waals surface area contributed by atoms with Gasteiger partial charge in [0.25, 0.3) is 0 Å². The molecule has 1 N–H and O–H groups in total. The number of anilines is 1. The molecule has 1 amide bonds. The first-order chi connectivity index (χ1) is 19.7. The molecule has 1 aliphatic heterocycles. The van der Waals surface area contributed by atoms with E-state index in [1.165, 1.54) is 28.8 Å². The first-order valence-electron chi connectivity index (χ1n) is 14.6. The monoisotopic (exact) mass is 587 g/mol. The van der Waals surface area contributed by atoms with Gasteiger partial charge in [0.1, 0.15) is 0 Å². The van der Waals surface area contributed by atoms with Gasteiger partial charge in [-0.3, -0.25) is 9.69 Å². The number of carbonyl (C=O) groups is 1. The lowest BCUT2D eigenvalue weighted by atomic mass is 10.0. The molecule has 0 bridgehead atoms. The molecule has 1 aromatic heterocycles. The minimum absolute atomic E-state index is 0.0349. The lowest BCUT2D eigenvalue weighted by molar-refractivity contribution is -0.115. The van der Waals surface area contributed by atoms with Crippen molar-refractivity contribution in [3.05, 3.63) is 93.5 Å². The first-order valence-corrected chi connectivity index (χ1v) is 17.0. The van der Waals surface area contributed by atoms with Crippen molar-refractivity contribution in [1.29, 1.82) is 0 Å². The molecule has 1 fully saturated rings. The molecular formula is C33H37N3O3S2. The van der Waals surface area contributed by atoms with E-state index >= 15 is 0 Å². The van der Waals surface area contributed by atoms with Gasteiger partial charge in [-0.25, -0.2) is 13.4 Å². The fraction of sp³-hybridized carbons (Fsp3) is 0.394. The summed E-state index contributed by atoms with van der Waals surface area (Å²) in [4.78, 5) is 22.0. The molecule has 1 atom stereocenters. The number of amides is 1. The van der Waals surface area contributed by atoms with Crippen molar-refractivity contribution in [2.45, 2.75) is 76.4 Å². The molecule has 1 saturated carbocycles. The van der Waals surface area contributed by atoms with Crippen LogP contribution < -0.4 is 5.32 Å². The van der Waals surface area contributed by atoms with Crippen LogP contribution in [0.1, 0.15) is 84.8 Å². The summed E-state index contributed by atoms with van der Waals surface area (Å²) in [5.41, 5.74) is 6.23. The largest absolute Gasteiger partial charge is 0.302 e. The molecule has 0 unspecified atom stereocenters. The number of nitrogens with one attached hydrogen (secondary N) is 1. The standard InChI is InChI=1S/C33H37N3O3S2/c1-4-41(38,39)29-15-12-22(17-27(29)25-9-5-6-10-25)18-30(37)34-33-35-31-28(40-33)20-36(32(31)21(2)3)19-23-8-7-11-26(16-23)24-13-14-24/h5,7-12,15-17,21,24,32H,4,6,13-14,18-20H2,1-3H3,(H,34,35,37)/t32-/m1/s1. The molecule has 214 valence electrons. The van der Waals surface area contributed by atoms with E-state index in [0.29, 0.717) is 21.5 Å². The Hall–Kier alpha value is -3.07. The number of aromatic nitrogens is 1. The smallest absolute Gasteiger partial charge is 0.230 e. The summed E-state index contributed by atoms with van der Waals surface area (Å²) in [6.07, 6.45) is 9.52. The molecule has 0 radical (unpaired) electrons. The van der Waals surface area contributed by atoms with Crippen LogP contribution in [0.15, 0.2) is 65.6 Å². The van der Waals surface area contributed by atoms with Gasteiger partial charge >= 0.3 is 0 Å². The number of allylic oxidation sites excluding steroid dienone is 4. The third-order valence-electron chi connectivity index (χ3n) is 8.22. The van der Waals surface area contributed by atoms with Crippen molar-refractivity contribution < 1.29 is 13.2 Å². The van der Waals surface area contributed by atoms with Crippen molar-refractivity contribution >= 4 is 37.8 Å². The van der Waals surface area contributed by atoms with E-state index in [4.69, 9.17) is 4.98 Å². The van der Waals surface area contributed by atoms with E-state index in [1.54, 1.807) is 30.4 Å². The van der Waals surface area contributed by atoms with E-state index in [0.717, 1.165) is 42.3 Å². The third-order valence-corrected chi connectivity index (χ3v) is 11.0. The quantitative estimate of drug-likeness (QED) is 0.275. The third kappa shape index (κ3) is 5.96. The van der Waals surface area contributed by atoms with Gasteiger partial charge in [0, 0.05) is 23.5 Å². The van der Waals surface area contributed by atoms with Crippen LogP contribution in [-0.2, 0) is 34.1 Å². The maximum absolute atomic E-state index is 13.1. The molecule has 2 aromatic carbocycles. The number of hydrogen-bond donors (Lipinski definition) is 1. The average Bonchev–Trinajstić information content (AvgIpc) is 3.35. The molecule has 41 heavy (non-hydrogen) atoms. The predicted octanol–water partition coefficient (Wildman–Crippen LogP) is 7.05. The zero-order valence-corrected chi connectivity index (χ0v) is 25.5. The maximum Gasteiger partial charge on any atom is 0.230 e. The number of hydrogen-bond acceptors (Lipinski definition) is 6. The lowest BCUT2D eigenvalue weighted by Crippen LogP contribution is -2.26. The highest BCUT2D eigenvalue weighted by Gasteiger charge is 2.36. The summed E-state index contributed by atoms with van der Waals surface area (Å²) < 4.78 is 25.4. The second kappa shape index (κ2) is 11.3. The van der Waals surface area contributed by atoms with Crippen LogP contribution in [0.25, 0.3) is 5.57 Å². The second-order valence-corrected chi connectivity index (χ2v) is 15.0. The van der Waals surface area contributed by atoms with Crippen LogP contribution in [0.3, 0.4) is 0 Å². The predicted molar refractivity (Wildman–Crippen MR) is 166 cm³/mol. The Morgan fingerprint density at radius 2 is 1.98 bits per heavy atom. The van der Waals surface area contributed by atoms with E-state index in [9.17, 15) is 13.2 Å². The fourth-order valence-corrected chi connectivity index (χ4v) is 8.19. The van der Waals surface area contributed by atoms with E-state index in [-0.39, 0.29) is 24.1 Å². The van der Waals surface area contributed by atoms with Gasteiger partial charge in [-0.1, -0.05) is 69.3 Å². The lowest BCUT2D eigenvalue weighted by Gasteiger charge is -2.27. The number of carbonyl (C=O) groups excluding carboxylic acids is 1. The van der Waals surface area contributed by atoms with E-state index < -0.39 is 9.84 Å². The van der Waals surface area contributed by atoms with E-state index in [2.05, 4.69) is 48.3 Å². The fourth-order valence-electron chi connectivity index (χ4n) is 6.05. The van der Waals surface area contributed by atoms with Crippen molar-refractivity contribution in [3.8, 4) is 0 Å². The molecule has 8 heteroatoms. The highest BCUT2D eigenvalue weighted by atomic mass is 32.2. The molecule has 2 aliphatic carbocycles. The Kier molecular flexibility index (Phi) is 7.74. The Morgan fingerprint density at radius 3 is 2.68 bits per heavy atom. The Morgan fingerprint density at radius 1 is 1.15 bits per heavy atom. The van der Waals surface area contributed by atoms with Crippen LogP contribution in [0.4, 0.5) is 5.13 Å². The number of nitrogens with zero attached hydrogens (tertiary/aromatic N) is 2. The molecular weight excluding hydrogens is 551 g/mol. The minimum Gasteiger partial charge on any atom is -0.302 e. The zero-order chi connectivity index (χ0) is 28.7. The zero-order valence-electron chi connectivity index (χ0n) is 23.9. The number of rotatable bonds is 10. The van der Waals surface area contributed by atoms with Crippen LogP contribution >= 0.6 is 11.3 Å². The van der Waals surface area contributed by atoms with Crippen molar-refractivity contribution in [2.24, 2.45) is 5.92 Å². The normalized spacial score (nSPS) is 18.6. The number of benzene rings is 2. The van der Waals surface area contributed by atoms with Crippen LogP contribution in [0.2, 0.25) is 0 Å². The van der Waals surface area contributed by atoms with Crippen molar-refractivity contribution in [1.82, 2.24) is 9.88 Å². The first kappa shape index (κ1) is 28.1. The Bertz CT molecular complexity index is 1650. The minimum atomic E-state index is -3.39. The van der Waals surface area contributed by atoms with Gasteiger partial charge in [0.2, 0.25) is 5.91 Å². The van der Waals surface area contributed by atoms with Crippen LogP contribution in [-0.4, -0.2) is 30.0 Å². The Labute approximate surface area is 247 Å². The van der Waals surface area contributed by atoms with Gasteiger partial charge in [-0.15, -0.1) is 11.3 Å². The Balaban J connectivity index is 1.15. The molecule has 0 spiro atoms. The number of fused-ring (bicyclic) bond motifs is 1. The molecule has 6 rings (SSSR count). The summed E-state index contributed by atoms with van der Waals surface area (Å²) in [5, 5.41) is 3.65. The molecule has 2 heterocycles. The average molecular weight is 588 g/mol. The summed E-state index contributed by atoms with van der Waals surface area (Å²) in [7, 11) is -3.39. The second-order valence-electron chi connectivity index (χ2n) is 11.7. The van der Waals surface area contributed by atoms with Crippen LogP contribution in [0, 0.1) is 5.92 Å². The summed E-state index contributed by atoms with van der Waals surface area (Å²) in [6.45, 7) is 7.85. The highest BCUT2D eigenvalue weighted by molar-refractivity contribution is 7.91. The summed E-state index contributed by atoms with van der Waals surface area (Å²) in [6, 6.07) is 14.5. The summed E-state index contributed by atoms with van der Waals surface area (Å²) in [5.74, 6) is 1.02. The summed E-state index contributed by atoms with van der Waals surface area (Å²) >= 11 is 1.56. The SMILES string of the molecule is CCS(=O)(=O)c1ccc(CC(=O)Nc2nc3c(s2)CN(Cc2cccc(C4CC4)c2)[C@@H]3C(C)C)cc1C1=CCC=C1. The highest BCUT2D eigenvalue weighted by Crippen LogP contribution is 2.44. The molecule has 3 aromatic rings. The van der Waals surface area contributed by atoms with Gasteiger partial charge in [-0.05, 0) is 65.5 Å². The topological polar surface area (TPSA) is 79.4 Å². The van der Waals surface area contributed by atoms with Gasteiger partial charge < -0.3 is 5.32 Å². The van der Waals surface area contributed by atoms with E-state index in [1.807, 2.05) is 24.3 Å². The molecule has 3 aliphatic rings. The molecule has 0 saturated heterocycles. The number of thiazole rings is 1.